The number of hydrogen-bond donors (Lipinski definition) is 0. The number of nitro benzene ring substituents is 1. The van der Waals surface area contributed by atoms with Gasteiger partial charge in [0, 0.05) is 17.8 Å². The zero-order valence-electron chi connectivity index (χ0n) is 10.7. The van der Waals surface area contributed by atoms with E-state index in [0.717, 1.165) is 36.8 Å². The number of nitrogens with zero attached hydrogens (tertiary/aromatic N) is 2. The van der Waals surface area contributed by atoms with E-state index in [1.165, 1.54) is 6.42 Å². The fourth-order valence-electron chi connectivity index (χ4n) is 2.73. The molecule has 1 saturated carbocycles. The van der Waals surface area contributed by atoms with E-state index in [4.69, 9.17) is 4.74 Å². The molecular weight excluding hydrogens is 244 g/mol. The minimum absolute atomic E-state index is 0.0534. The number of aliphatic imine (C=N–C) groups is 1. The third kappa shape index (κ3) is 2.45. The maximum absolute atomic E-state index is 11.1. The third-order valence-corrected chi connectivity index (χ3v) is 3.76. The molecule has 1 heterocycles. The van der Waals surface area contributed by atoms with Crippen molar-refractivity contribution in [1.82, 2.24) is 0 Å². The molecule has 5 nitrogen and oxygen atoms in total. The minimum Gasteiger partial charge on any atom is -0.483 e. The maximum Gasteiger partial charge on any atom is 0.311 e. The van der Waals surface area contributed by atoms with Gasteiger partial charge in [0.2, 0.25) is 0 Å². The standard InChI is InChI=1S/C14H16N2O3/c17-16(18)13-6-10-8-15-9-11(10)7-14(13)19-12-4-2-1-3-5-12/h6-8,12H,1-5,9H2. The van der Waals surface area contributed by atoms with Crippen LogP contribution in [0.1, 0.15) is 43.2 Å². The van der Waals surface area contributed by atoms with Crippen LogP contribution in [-0.4, -0.2) is 17.2 Å². The minimum atomic E-state index is -0.370. The second-order valence-electron chi connectivity index (χ2n) is 5.12. The lowest BCUT2D eigenvalue weighted by molar-refractivity contribution is -0.386. The van der Waals surface area contributed by atoms with Crippen molar-refractivity contribution in [2.75, 3.05) is 0 Å². The predicted octanol–water partition coefficient (Wildman–Crippen LogP) is 3.24. The van der Waals surface area contributed by atoms with E-state index < -0.39 is 0 Å². The Kier molecular flexibility index (Phi) is 3.19. The summed E-state index contributed by atoms with van der Waals surface area (Å²) in [5, 5.41) is 11.1. The fourth-order valence-corrected chi connectivity index (χ4v) is 2.73. The van der Waals surface area contributed by atoms with Gasteiger partial charge in [-0.15, -0.1) is 0 Å². The van der Waals surface area contributed by atoms with E-state index in [-0.39, 0.29) is 16.7 Å². The molecular formula is C14H16N2O3. The van der Waals surface area contributed by atoms with Crippen molar-refractivity contribution in [3.8, 4) is 5.75 Å². The summed E-state index contributed by atoms with van der Waals surface area (Å²) in [5.74, 6) is 0.404. The predicted molar refractivity (Wildman–Crippen MR) is 71.9 cm³/mol. The van der Waals surface area contributed by atoms with Crippen LogP contribution in [0.4, 0.5) is 5.69 Å². The smallest absolute Gasteiger partial charge is 0.311 e. The van der Waals surface area contributed by atoms with Crippen molar-refractivity contribution in [1.29, 1.82) is 0 Å². The van der Waals surface area contributed by atoms with Crippen LogP contribution in [0.15, 0.2) is 17.1 Å². The first kappa shape index (κ1) is 12.1. The SMILES string of the molecule is O=[N+]([O-])c1cc2c(cc1OC1CCCCC1)CN=C2. The van der Waals surface area contributed by atoms with Gasteiger partial charge in [-0.1, -0.05) is 6.42 Å². The van der Waals surface area contributed by atoms with E-state index in [0.29, 0.717) is 12.3 Å². The van der Waals surface area contributed by atoms with Crippen LogP contribution in [0.25, 0.3) is 0 Å². The largest absolute Gasteiger partial charge is 0.483 e. The topological polar surface area (TPSA) is 64.7 Å². The molecule has 0 aromatic heterocycles. The van der Waals surface area contributed by atoms with Gasteiger partial charge in [0.1, 0.15) is 0 Å². The fraction of sp³-hybridized carbons (Fsp3) is 0.500. The molecule has 0 bridgehead atoms. The maximum atomic E-state index is 11.1. The molecule has 19 heavy (non-hydrogen) atoms. The van der Waals surface area contributed by atoms with Gasteiger partial charge in [0.25, 0.3) is 0 Å². The van der Waals surface area contributed by atoms with E-state index in [1.54, 1.807) is 18.3 Å². The van der Waals surface area contributed by atoms with Gasteiger partial charge in [-0.2, -0.15) is 0 Å². The molecule has 1 aliphatic carbocycles. The van der Waals surface area contributed by atoms with Crippen molar-refractivity contribution >= 4 is 11.9 Å². The summed E-state index contributed by atoms with van der Waals surface area (Å²) in [7, 11) is 0. The number of benzene rings is 1. The number of nitro groups is 1. The van der Waals surface area contributed by atoms with Crippen LogP contribution in [0.3, 0.4) is 0 Å². The zero-order chi connectivity index (χ0) is 13.2. The monoisotopic (exact) mass is 260 g/mol. The Morgan fingerprint density at radius 3 is 2.79 bits per heavy atom. The second kappa shape index (κ2) is 4.99. The Morgan fingerprint density at radius 1 is 1.26 bits per heavy atom. The Labute approximate surface area is 111 Å². The van der Waals surface area contributed by atoms with Crippen LogP contribution in [0.5, 0.6) is 5.75 Å². The summed E-state index contributed by atoms with van der Waals surface area (Å²) < 4.78 is 5.88. The molecule has 0 spiro atoms. The molecule has 0 radical (unpaired) electrons. The van der Waals surface area contributed by atoms with Gasteiger partial charge in [-0.3, -0.25) is 15.1 Å². The summed E-state index contributed by atoms with van der Waals surface area (Å²) in [6, 6.07) is 3.36. The Hall–Kier alpha value is -1.91. The van der Waals surface area contributed by atoms with Crippen molar-refractivity contribution in [2.45, 2.75) is 44.8 Å². The molecule has 1 aromatic rings. The summed E-state index contributed by atoms with van der Waals surface area (Å²) in [5.41, 5.74) is 1.90. The molecule has 1 aromatic carbocycles. The Morgan fingerprint density at radius 2 is 2.05 bits per heavy atom. The average Bonchev–Trinajstić information content (AvgIpc) is 2.86. The number of rotatable bonds is 3. The van der Waals surface area contributed by atoms with Gasteiger partial charge in [0.15, 0.2) is 5.75 Å². The Balaban J connectivity index is 1.89. The molecule has 1 aliphatic heterocycles. The molecule has 0 saturated heterocycles. The van der Waals surface area contributed by atoms with Crippen molar-refractivity contribution in [2.24, 2.45) is 4.99 Å². The third-order valence-electron chi connectivity index (χ3n) is 3.76. The molecule has 0 N–H and O–H groups in total. The Bertz CT molecular complexity index is 534. The number of hydrogen-bond acceptors (Lipinski definition) is 4. The quantitative estimate of drug-likeness (QED) is 0.619. The highest BCUT2D eigenvalue weighted by atomic mass is 16.6. The summed E-state index contributed by atoms with van der Waals surface area (Å²) in [4.78, 5) is 14.9. The average molecular weight is 260 g/mol. The second-order valence-corrected chi connectivity index (χ2v) is 5.12. The number of ether oxygens (including phenoxy) is 1. The van der Waals surface area contributed by atoms with E-state index in [9.17, 15) is 10.1 Å². The number of fused-ring (bicyclic) bond motifs is 1. The first-order valence-electron chi connectivity index (χ1n) is 6.72. The molecule has 2 aliphatic rings. The van der Waals surface area contributed by atoms with Gasteiger partial charge >= 0.3 is 5.69 Å². The van der Waals surface area contributed by atoms with E-state index in [1.807, 2.05) is 0 Å². The lowest BCUT2D eigenvalue weighted by atomic mass is 9.97. The van der Waals surface area contributed by atoms with E-state index >= 15 is 0 Å². The molecule has 100 valence electrons. The van der Waals surface area contributed by atoms with Crippen LogP contribution in [0.2, 0.25) is 0 Å². The molecule has 3 rings (SSSR count). The van der Waals surface area contributed by atoms with E-state index in [2.05, 4.69) is 4.99 Å². The molecule has 0 unspecified atom stereocenters. The molecule has 1 fully saturated rings. The lowest BCUT2D eigenvalue weighted by Gasteiger charge is -2.23. The summed E-state index contributed by atoms with van der Waals surface area (Å²) >= 11 is 0. The van der Waals surface area contributed by atoms with Crippen LogP contribution < -0.4 is 4.74 Å². The van der Waals surface area contributed by atoms with Crippen molar-refractivity contribution < 1.29 is 9.66 Å². The first-order chi connectivity index (χ1) is 9.24. The molecule has 0 atom stereocenters. The molecule has 0 amide bonds. The van der Waals surface area contributed by atoms with Gasteiger partial charge in [-0.05, 0) is 37.3 Å². The van der Waals surface area contributed by atoms with Crippen LogP contribution in [0, 0.1) is 10.1 Å². The lowest BCUT2D eigenvalue weighted by Crippen LogP contribution is -2.20. The summed E-state index contributed by atoms with van der Waals surface area (Å²) in [6.07, 6.45) is 7.31. The zero-order valence-corrected chi connectivity index (χ0v) is 10.7. The highest BCUT2D eigenvalue weighted by Crippen LogP contribution is 2.34. The van der Waals surface area contributed by atoms with Gasteiger partial charge in [0.05, 0.1) is 17.6 Å². The first-order valence-corrected chi connectivity index (χ1v) is 6.72. The van der Waals surface area contributed by atoms with Crippen molar-refractivity contribution in [3.63, 3.8) is 0 Å². The highest BCUT2D eigenvalue weighted by Gasteiger charge is 2.24. The summed E-state index contributed by atoms with van der Waals surface area (Å²) in [6.45, 7) is 0.592. The van der Waals surface area contributed by atoms with Gasteiger partial charge in [-0.25, -0.2) is 0 Å². The highest BCUT2D eigenvalue weighted by molar-refractivity contribution is 5.86. The van der Waals surface area contributed by atoms with Crippen LogP contribution in [-0.2, 0) is 6.54 Å². The molecule has 5 heteroatoms. The van der Waals surface area contributed by atoms with Gasteiger partial charge < -0.3 is 4.74 Å². The van der Waals surface area contributed by atoms with Crippen LogP contribution >= 0.6 is 0 Å². The van der Waals surface area contributed by atoms with Crippen molar-refractivity contribution in [3.05, 3.63) is 33.4 Å². The normalized spacial score (nSPS) is 18.3.